The number of rotatable bonds is 10. The summed E-state index contributed by atoms with van der Waals surface area (Å²) in [5.41, 5.74) is 0.974. The Morgan fingerprint density at radius 3 is 2.28 bits per heavy atom. The van der Waals surface area contributed by atoms with Gasteiger partial charge in [0.1, 0.15) is 5.82 Å². The van der Waals surface area contributed by atoms with Crippen molar-refractivity contribution in [2.45, 2.75) is 57.7 Å². The van der Waals surface area contributed by atoms with Crippen molar-refractivity contribution in [3.8, 4) is 0 Å². The molecule has 10 heteroatoms. The highest BCUT2D eigenvalue weighted by Crippen LogP contribution is 2.66. The number of carbonyl (C=O) groups excluding carboxylic acids is 2. The summed E-state index contributed by atoms with van der Waals surface area (Å²) >= 11 is 0. The molecule has 1 fully saturated rings. The molecule has 1 aromatic carbocycles. The maximum absolute atomic E-state index is 14.0. The van der Waals surface area contributed by atoms with Gasteiger partial charge in [-0.1, -0.05) is 6.07 Å². The van der Waals surface area contributed by atoms with E-state index in [-0.39, 0.29) is 37.8 Å². The van der Waals surface area contributed by atoms with Crippen LogP contribution in [0.1, 0.15) is 58.1 Å². The van der Waals surface area contributed by atoms with Crippen LogP contribution in [0.3, 0.4) is 0 Å². The fraction of sp³-hybridized carbons (Fsp3) is 0.538. The van der Waals surface area contributed by atoms with E-state index in [9.17, 15) is 22.8 Å². The molecular weight excluding hydrogens is 471 g/mol. The fourth-order valence-corrected chi connectivity index (χ4v) is 4.57. The summed E-state index contributed by atoms with van der Waals surface area (Å²) in [6.45, 7) is 3.86. The van der Waals surface area contributed by atoms with Crippen LogP contribution in [0, 0.1) is 19.3 Å². The summed E-state index contributed by atoms with van der Waals surface area (Å²) in [5.74, 6) is -1.17. The zero-order valence-electron chi connectivity index (χ0n) is 21.4. The average Bonchev–Trinajstić information content (AvgIpc) is 3.63. The van der Waals surface area contributed by atoms with Crippen LogP contribution in [-0.2, 0) is 11.2 Å². The van der Waals surface area contributed by atoms with Crippen molar-refractivity contribution in [3.63, 3.8) is 0 Å². The zero-order valence-corrected chi connectivity index (χ0v) is 21.4. The maximum atomic E-state index is 14.0. The number of alkyl halides is 3. The van der Waals surface area contributed by atoms with E-state index in [1.165, 1.54) is 12.4 Å². The van der Waals surface area contributed by atoms with E-state index in [2.05, 4.69) is 20.6 Å². The largest absolute Gasteiger partial charge is 0.395 e. The molecule has 1 aliphatic carbocycles. The van der Waals surface area contributed by atoms with Crippen LogP contribution in [0.15, 0.2) is 30.6 Å². The van der Waals surface area contributed by atoms with Gasteiger partial charge in [-0.05, 0) is 76.0 Å². The molecule has 0 aliphatic heterocycles. The lowest BCUT2D eigenvalue weighted by atomic mass is 9.81. The number of aromatic nitrogens is 2. The van der Waals surface area contributed by atoms with Gasteiger partial charge in [0.15, 0.2) is 0 Å². The summed E-state index contributed by atoms with van der Waals surface area (Å²) in [4.78, 5) is 34.9. The summed E-state index contributed by atoms with van der Waals surface area (Å²) in [5, 5.41) is 5.45. The van der Waals surface area contributed by atoms with E-state index in [0.717, 1.165) is 11.1 Å². The Morgan fingerprint density at radius 2 is 1.78 bits per heavy atom. The van der Waals surface area contributed by atoms with E-state index in [1.54, 1.807) is 20.0 Å². The van der Waals surface area contributed by atoms with Gasteiger partial charge in [-0.25, -0.2) is 9.97 Å². The Labute approximate surface area is 209 Å². The van der Waals surface area contributed by atoms with Crippen LogP contribution >= 0.6 is 0 Å². The van der Waals surface area contributed by atoms with Crippen LogP contribution in [0.2, 0.25) is 0 Å². The molecule has 0 radical (unpaired) electrons. The van der Waals surface area contributed by atoms with Crippen molar-refractivity contribution in [1.29, 1.82) is 0 Å². The SMILES string of the molecule is CNC(=O)c1ccc(C[C@@H](CNC(=O)C[C@@H](c2cnc(C)nc2)C2(C(F)(F)F)CC2)N(C)C)c(C)c1. The van der Waals surface area contributed by atoms with Gasteiger partial charge in [-0.15, -0.1) is 0 Å². The van der Waals surface area contributed by atoms with E-state index >= 15 is 0 Å². The second-order valence-electron chi connectivity index (χ2n) is 9.82. The number of hydrogen-bond donors (Lipinski definition) is 2. The smallest absolute Gasteiger partial charge is 0.355 e. The van der Waals surface area contributed by atoms with E-state index in [4.69, 9.17) is 0 Å². The van der Waals surface area contributed by atoms with E-state index in [0.29, 0.717) is 23.4 Å². The summed E-state index contributed by atoms with van der Waals surface area (Å²) in [6, 6.07) is 5.38. The molecule has 3 rings (SSSR count). The Bertz CT molecular complexity index is 1080. The molecular formula is C26H34F3N5O2. The molecule has 196 valence electrons. The molecule has 2 N–H and O–H groups in total. The lowest BCUT2D eigenvalue weighted by molar-refractivity contribution is -0.194. The molecule has 7 nitrogen and oxygen atoms in total. The van der Waals surface area contributed by atoms with Crippen molar-refractivity contribution >= 4 is 11.8 Å². The molecule has 1 aliphatic rings. The summed E-state index contributed by atoms with van der Waals surface area (Å²) in [7, 11) is 5.35. The predicted octanol–water partition coefficient (Wildman–Crippen LogP) is 3.56. The van der Waals surface area contributed by atoms with Crippen molar-refractivity contribution in [2.24, 2.45) is 5.41 Å². The van der Waals surface area contributed by atoms with Gasteiger partial charge >= 0.3 is 6.18 Å². The molecule has 0 bridgehead atoms. The third kappa shape index (κ3) is 6.21. The van der Waals surface area contributed by atoms with Crippen LogP contribution in [-0.4, -0.2) is 66.6 Å². The van der Waals surface area contributed by atoms with Crippen LogP contribution in [0.5, 0.6) is 0 Å². The van der Waals surface area contributed by atoms with Gasteiger partial charge in [-0.2, -0.15) is 13.2 Å². The minimum Gasteiger partial charge on any atom is -0.355 e. The van der Waals surface area contributed by atoms with Crippen LogP contribution in [0.25, 0.3) is 0 Å². The molecule has 2 atom stereocenters. The normalized spacial score (nSPS) is 16.4. The number of halogens is 3. The Hall–Kier alpha value is -3.01. The average molecular weight is 506 g/mol. The van der Waals surface area contributed by atoms with Gasteiger partial charge in [0, 0.05) is 49.9 Å². The molecule has 1 heterocycles. The predicted molar refractivity (Wildman–Crippen MR) is 131 cm³/mol. The first-order valence-corrected chi connectivity index (χ1v) is 12.0. The van der Waals surface area contributed by atoms with E-state index < -0.39 is 23.4 Å². The second-order valence-corrected chi connectivity index (χ2v) is 9.82. The lowest BCUT2D eigenvalue weighted by Crippen LogP contribution is -2.43. The summed E-state index contributed by atoms with van der Waals surface area (Å²) < 4.78 is 41.9. The minimum atomic E-state index is -4.41. The monoisotopic (exact) mass is 505 g/mol. The lowest BCUT2D eigenvalue weighted by Gasteiger charge is -2.30. The molecule has 1 aromatic heterocycles. The highest BCUT2D eigenvalue weighted by atomic mass is 19.4. The third-order valence-electron chi connectivity index (χ3n) is 7.17. The Morgan fingerprint density at radius 1 is 1.14 bits per heavy atom. The highest BCUT2D eigenvalue weighted by Gasteiger charge is 2.67. The number of nitrogens with zero attached hydrogens (tertiary/aromatic N) is 3. The third-order valence-corrected chi connectivity index (χ3v) is 7.17. The van der Waals surface area contributed by atoms with Gasteiger partial charge in [0.2, 0.25) is 5.91 Å². The van der Waals surface area contributed by atoms with Crippen molar-refractivity contribution in [2.75, 3.05) is 27.7 Å². The number of nitrogens with one attached hydrogen (secondary N) is 2. The Kier molecular flexibility index (Phi) is 8.38. The number of benzene rings is 1. The quantitative estimate of drug-likeness (QED) is 0.516. The molecule has 2 amide bonds. The van der Waals surface area contributed by atoms with Gasteiger partial charge in [0.05, 0.1) is 5.41 Å². The molecule has 0 saturated heterocycles. The van der Waals surface area contributed by atoms with Crippen LogP contribution in [0.4, 0.5) is 13.2 Å². The van der Waals surface area contributed by atoms with Crippen molar-refractivity contribution < 1.29 is 22.8 Å². The second kappa shape index (κ2) is 10.9. The number of carbonyl (C=O) groups is 2. The zero-order chi connectivity index (χ0) is 26.7. The topological polar surface area (TPSA) is 87.2 Å². The van der Waals surface area contributed by atoms with E-state index in [1.807, 2.05) is 38.1 Å². The maximum Gasteiger partial charge on any atom is 0.395 e. The number of hydrogen-bond acceptors (Lipinski definition) is 5. The molecule has 36 heavy (non-hydrogen) atoms. The molecule has 0 spiro atoms. The highest BCUT2D eigenvalue weighted by molar-refractivity contribution is 5.94. The summed E-state index contributed by atoms with van der Waals surface area (Å²) in [6.07, 6.45) is -1.30. The molecule has 2 aromatic rings. The minimum absolute atomic E-state index is 0.00598. The fourth-order valence-electron chi connectivity index (χ4n) is 4.57. The molecule has 0 unspecified atom stereocenters. The van der Waals surface area contributed by atoms with Crippen molar-refractivity contribution in [3.05, 3.63) is 58.7 Å². The standard InChI is InChI=1S/C26H34F3N5O2/c1-16-10-19(24(36)30-3)7-6-18(16)11-21(34(4)5)15-33-23(35)12-22(20-13-31-17(2)32-14-20)25(8-9-25)26(27,28)29/h6-7,10,13-14,21-22H,8-9,11-12,15H2,1-5H3,(H,30,36)(H,33,35)/t21-,22-/m0/s1. The molecule has 1 saturated carbocycles. The first-order chi connectivity index (χ1) is 16.9. The van der Waals surface area contributed by atoms with Crippen molar-refractivity contribution in [1.82, 2.24) is 25.5 Å². The Balaban J connectivity index is 1.70. The van der Waals surface area contributed by atoms with Crippen LogP contribution < -0.4 is 10.6 Å². The van der Waals surface area contributed by atoms with Gasteiger partial charge < -0.3 is 15.5 Å². The number of likely N-dealkylation sites (N-methyl/N-ethyl adjacent to an activating group) is 1. The van der Waals surface area contributed by atoms with Gasteiger partial charge in [0.25, 0.3) is 5.91 Å². The number of amides is 2. The van der Waals surface area contributed by atoms with Gasteiger partial charge in [-0.3, -0.25) is 9.59 Å². The first-order valence-electron chi connectivity index (χ1n) is 12.0. The number of aryl methyl sites for hydroxylation is 2. The first kappa shape index (κ1) is 27.6.